The number of aliphatic carboxylic acids is 1. The lowest BCUT2D eigenvalue weighted by molar-refractivity contribution is -0.139. The van der Waals surface area contributed by atoms with Crippen molar-refractivity contribution in [3.05, 3.63) is 88.5 Å². The third-order valence-electron chi connectivity index (χ3n) is 4.76. The van der Waals surface area contributed by atoms with Crippen LogP contribution in [0.25, 0.3) is 11.1 Å². The molecule has 3 aromatic rings. The monoisotopic (exact) mass is 418 g/mol. The van der Waals surface area contributed by atoms with Gasteiger partial charge in [0, 0.05) is 5.56 Å². The second-order valence-corrected chi connectivity index (χ2v) is 6.77. The standard InChI is InChI=1S/C23H18F4O3/c1-13-14(9-16(11-20(13)26)15-3-2-4-17(24)10-15)5-6-18-19(25)7-8-21(23(18)27)30-12-22(28)29/h2-4,7-11H,5-6,12H2,1H3,(H,28,29). The van der Waals surface area contributed by atoms with Gasteiger partial charge in [0.05, 0.1) is 0 Å². The van der Waals surface area contributed by atoms with Crippen LogP contribution < -0.4 is 4.74 Å². The molecule has 0 atom stereocenters. The molecule has 0 saturated carbocycles. The van der Waals surface area contributed by atoms with Crippen LogP contribution in [0.2, 0.25) is 0 Å². The number of benzene rings is 3. The molecule has 1 N–H and O–H groups in total. The van der Waals surface area contributed by atoms with Crippen LogP contribution in [0.5, 0.6) is 5.75 Å². The smallest absolute Gasteiger partial charge is 0.341 e. The molecule has 0 heterocycles. The van der Waals surface area contributed by atoms with Crippen molar-refractivity contribution in [3.8, 4) is 16.9 Å². The zero-order valence-electron chi connectivity index (χ0n) is 16.0. The van der Waals surface area contributed by atoms with Crippen LogP contribution in [0.1, 0.15) is 16.7 Å². The van der Waals surface area contributed by atoms with Crippen LogP contribution in [0.4, 0.5) is 17.6 Å². The van der Waals surface area contributed by atoms with E-state index in [9.17, 15) is 22.4 Å². The summed E-state index contributed by atoms with van der Waals surface area (Å²) >= 11 is 0. The maximum Gasteiger partial charge on any atom is 0.341 e. The van der Waals surface area contributed by atoms with Crippen LogP contribution >= 0.6 is 0 Å². The molecule has 0 radical (unpaired) electrons. The van der Waals surface area contributed by atoms with E-state index in [4.69, 9.17) is 9.84 Å². The molecule has 0 aliphatic rings. The molecule has 0 bridgehead atoms. The molecule has 0 amide bonds. The van der Waals surface area contributed by atoms with Crippen LogP contribution in [0.15, 0.2) is 48.5 Å². The largest absolute Gasteiger partial charge is 0.479 e. The summed E-state index contributed by atoms with van der Waals surface area (Å²) in [6.45, 7) is 0.793. The zero-order valence-corrected chi connectivity index (χ0v) is 16.0. The number of ether oxygens (including phenoxy) is 1. The van der Waals surface area contributed by atoms with Gasteiger partial charge in [0.25, 0.3) is 0 Å². The SMILES string of the molecule is Cc1c(F)cc(-c2cccc(F)c2)cc1CCc1c(F)ccc(OCC(=O)O)c1F. The molecule has 0 aliphatic heterocycles. The molecule has 30 heavy (non-hydrogen) atoms. The number of rotatable bonds is 7. The number of hydrogen-bond donors (Lipinski definition) is 1. The summed E-state index contributed by atoms with van der Waals surface area (Å²) in [6, 6.07) is 10.7. The van der Waals surface area contributed by atoms with Crippen molar-refractivity contribution >= 4 is 5.97 Å². The minimum Gasteiger partial charge on any atom is -0.479 e. The van der Waals surface area contributed by atoms with E-state index in [0.29, 0.717) is 22.3 Å². The zero-order chi connectivity index (χ0) is 21.8. The van der Waals surface area contributed by atoms with Crippen LogP contribution in [0.3, 0.4) is 0 Å². The topological polar surface area (TPSA) is 46.5 Å². The quantitative estimate of drug-likeness (QED) is 0.518. The van der Waals surface area contributed by atoms with Crippen molar-refractivity contribution in [1.82, 2.24) is 0 Å². The fraction of sp³-hybridized carbons (Fsp3) is 0.174. The first kappa shape index (κ1) is 21.4. The lowest BCUT2D eigenvalue weighted by Gasteiger charge is -2.13. The Morgan fingerprint density at radius 1 is 0.933 bits per heavy atom. The average molecular weight is 418 g/mol. The second kappa shape index (κ2) is 8.98. The van der Waals surface area contributed by atoms with Gasteiger partial charge < -0.3 is 9.84 Å². The van der Waals surface area contributed by atoms with Crippen molar-refractivity contribution in [2.45, 2.75) is 19.8 Å². The third-order valence-corrected chi connectivity index (χ3v) is 4.76. The Morgan fingerprint density at radius 2 is 1.70 bits per heavy atom. The van der Waals surface area contributed by atoms with Gasteiger partial charge in [0.1, 0.15) is 17.5 Å². The minimum absolute atomic E-state index is 0.102. The summed E-state index contributed by atoms with van der Waals surface area (Å²) in [5.41, 5.74) is 1.50. The number of hydrogen-bond acceptors (Lipinski definition) is 2. The van der Waals surface area contributed by atoms with Crippen molar-refractivity contribution in [1.29, 1.82) is 0 Å². The van der Waals surface area contributed by atoms with Gasteiger partial charge in [-0.1, -0.05) is 18.2 Å². The average Bonchev–Trinajstić information content (AvgIpc) is 2.70. The van der Waals surface area contributed by atoms with Gasteiger partial charge in [-0.3, -0.25) is 0 Å². The molecule has 0 spiro atoms. The fourth-order valence-corrected chi connectivity index (χ4v) is 3.15. The maximum atomic E-state index is 14.6. The first-order chi connectivity index (χ1) is 14.3. The highest BCUT2D eigenvalue weighted by Gasteiger charge is 2.17. The third kappa shape index (κ3) is 4.79. The van der Waals surface area contributed by atoms with Gasteiger partial charge >= 0.3 is 5.97 Å². The Bertz CT molecular complexity index is 1100. The number of halogens is 4. The van der Waals surface area contributed by atoms with E-state index in [1.165, 1.54) is 24.3 Å². The Hall–Kier alpha value is -3.35. The van der Waals surface area contributed by atoms with Gasteiger partial charge in [-0.05, 0) is 72.4 Å². The highest BCUT2D eigenvalue weighted by molar-refractivity contribution is 5.68. The molecule has 0 saturated heterocycles. The Balaban J connectivity index is 1.89. The van der Waals surface area contributed by atoms with Crippen LogP contribution in [-0.4, -0.2) is 17.7 Å². The van der Waals surface area contributed by atoms with E-state index in [-0.39, 0.29) is 24.2 Å². The predicted molar refractivity (Wildman–Crippen MR) is 103 cm³/mol. The summed E-state index contributed by atoms with van der Waals surface area (Å²) in [6.07, 6.45) is 0.0109. The molecule has 0 aliphatic carbocycles. The molecular formula is C23H18F4O3. The normalized spacial score (nSPS) is 10.8. The van der Waals surface area contributed by atoms with Gasteiger partial charge in [0.15, 0.2) is 18.2 Å². The summed E-state index contributed by atoms with van der Waals surface area (Å²) in [5.74, 6) is -4.43. The van der Waals surface area contributed by atoms with Crippen molar-refractivity contribution in [2.24, 2.45) is 0 Å². The first-order valence-electron chi connectivity index (χ1n) is 9.12. The van der Waals surface area contributed by atoms with E-state index in [0.717, 1.165) is 12.1 Å². The Kier molecular flexibility index (Phi) is 6.40. The molecule has 156 valence electrons. The molecule has 7 heteroatoms. The summed E-state index contributed by atoms with van der Waals surface area (Å²) < 4.78 is 61.5. The number of carboxylic acid groups (broad SMARTS) is 1. The number of aryl methyl sites for hydroxylation is 1. The summed E-state index contributed by atoms with van der Waals surface area (Å²) in [5, 5.41) is 8.65. The van der Waals surface area contributed by atoms with Gasteiger partial charge in [0.2, 0.25) is 0 Å². The Labute approximate surface area is 170 Å². The minimum atomic E-state index is -1.29. The highest BCUT2D eigenvalue weighted by atomic mass is 19.1. The molecule has 0 unspecified atom stereocenters. The number of carboxylic acids is 1. The predicted octanol–water partition coefficient (Wildman–Crippen LogP) is 5.47. The molecule has 3 nitrogen and oxygen atoms in total. The molecule has 0 aromatic heterocycles. The van der Waals surface area contributed by atoms with Gasteiger partial charge in [-0.2, -0.15) is 0 Å². The highest BCUT2D eigenvalue weighted by Crippen LogP contribution is 2.28. The summed E-state index contributed by atoms with van der Waals surface area (Å²) in [7, 11) is 0. The first-order valence-corrected chi connectivity index (χ1v) is 9.12. The van der Waals surface area contributed by atoms with Crippen molar-refractivity contribution in [3.63, 3.8) is 0 Å². The van der Waals surface area contributed by atoms with Gasteiger partial charge in [-0.15, -0.1) is 0 Å². The van der Waals surface area contributed by atoms with Crippen molar-refractivity contribution in [2.75, 3.05) is 6.61 Å². The number of carbonyl (C=O) groups is 1. The van der Waals surface area contributed by atoms with E-state index in [1.54, 1.807) is 19.1 Å². The molecule has 3 rings (SSSR count). The fourth-order valence-electron chi connectivity index (χ4n) is 3.15. The maximum absolute atomic E-state index is 14.6. The second-order valence-electron chi connectivity index (χ2n) is 6.77. The lowest BCUT2D eigenvalue weighted by Crippen LogP contribution is -2.11. The lowest BCUT2D eigenvalue weighted by atomic mass is 9.95. The molecular weight excluding hydrogens is 400 g/mol. The van der Waals surface area contributed by atoms with Gasteiger partial charge in [-0.25, -0.2) is 22.4 Å². The van der Waals surface area contributed by atoms with E-state index in [1.807, 2.05) is 0 Å². The summed E-state index contributed by atoms with van der Waals surface area (Å²) in [4.78, 5) is 10.6. The van der Waals surface area contributed by atoms with E-state index >= 15 is 0 Å². The van der Waals surface area contributed by atoms with E-state index in [2.05, 4.69) is 0 Å². The van der Waals surface area contributed by atoms with E-state index < -0.39 is 35.8 Å². The van der Waals surface area contributed by atoms with Crippen LogP contribution in [-0.2, 0) is 17.6 Å². The molecule has 0 fully saturated rings. The van der Waals surface area contributed by atoms with Crippen molar-refractivity contribution < 1.29 is 32.2 Å². The Morgan fingerprint density at radius 3 is 2.40 bits per heavy atom. The molecule has 3 aromatic carbocycles. The van der Waals surface area contributed by atoms with Crippen LogP contribution in [0, 0.1) is 30.2 Å².